The number of nitrogens with two attached hydrogens (primary N) is 1. The Labute approximate surface area is 162 Å². The summed E-state index contributed by atoms with van der Waals surface area (Å²) < 4.78 is 0. The van der Waals surface area contributed by atoms with Gasteiger partial charge >= 0.3 is 0 Å². The lowest BCUT2D eigenvalue weighted by atomic mass is 9.82. The van der Waals surface area contributed by atoms with Crippen molar-refractivity contribution in [2.24, 2.45) is 5.92 Å². The number of hydrogen-bond donors (Lipinski definition) is 2. The zero-order chi connectivity index (χ0) is 18.8. The molecule has 1 saturated heterocycles. The average molecular weight is 366 g/mol. The summed E-state index contributed by atoms with van der Waals surface area (Å²) in [6.07, 6.45) is 4.57. The largest absolute Gasteiger partial charge is 0.368 e. The molecule has 0 bridgehead atoms. The van der Waals surface area contributed by atoms with Crippen LogP contribution in [0.2, 0.25) is 0 Å². The van der Waals surface area contributed by atoms with E-state index in [9.17, 15) is 0 Å². The predicted octanol–water partition coefficient (Wildman–Crippen LogP) is 3.35. The van der Waals surface area contributed by atoms with Crippen molar-refractivity contribution in [2.45, 2.75) is 51.5 Å². The van der Waals surface area contributed by atoms with Crippen LogP contribution in [0.15, 0.2) is 30.3 Å². The topological polar surface area (TPSA) is 67.1 Å². The van der Waals surface area contributed by atoms with Gasteiger partial charge < -0.3 is 16.0 Å². The monoisotopic (exact) mass is 365 g/mol. The molecule has 0 spiro atoms. The van der Waals surface area contributed by atoms with E-state index < -0.39 is 0 Å². The van der Waals surface area contributed by atoms with Crippen molar-refractivity contribution >= 4 is 11.8 Å². The van der Waals surface area contributed by atoms with Crippen LogP contribution in [0, 0.1) is 5.92 Å². The first kappa shape index (κ1) is 18.2. The van der Waals surface area contributed by atoms with Gasteiger partial charge in [-0.2, -0.15) is 4.98 Å². The van der Waals surface area contributed by atoms with E-state index >= 15 is 0 Å². The number of nitrogens with zero attached hydrogens (tertiary/aromatic N) is 3. The van der Waals surface area contributed by atoms with Crippen LogP contribution >= 0.6 is 0 Å². The van der Waals surface area contributed by atoms with Gasteiger partial charge in [0.15, 0.2) is 0 Å². The zero-order valence-electron chi connectivity index (χ0n) is 16.5. The molecule has 1 aromatic heterocycles. The number of benzene rings is 1. The highest BCUT2D eigenvalue weighted by Gasteiger charge is 2.30. The molecule has 2 unspecified atom stereocenters. The van der Waals surface area contributed by atoms with Gasteiger partial charge in [0.1, 0.15) is 5.82 Å². The third-order valence-electron chi connectivity index (χ3n) is 6.09. The molecule has 2 heterocycles. The van der Waals surface area contributed by atoms with Crippen LogP contribution in [0.25, 0.3) is 0 Å². The molecule has 3 N–H and O–H groups in total. The Bertz CT molecular complexity index is 776. The first-order chi connectivity index (χ1) is 13.2. The highest BCUT2D eigenvalue weighted by Crippen LogP contribution is 2.39. The Morgan fingerprint density at radius 1 is 1.22 bits per heavy atom. The van der Waals surface area contributed by atoms with Crippen LogP contribution in [0.1, 0.15) is 55.8 Å². The first-order valence-electron chi connectivity index (χ1n) is 10.3. The van der Waals surface area contributed by atoms with E-state index in [0.29, 0.717) is 23.8 Å². The fourth-order valence-corrected chi connectivity index (χ4v) is 4.78. The molecule has 0 saturated carbocycles. The second-order valence-corrected chi connectivity index (χ2v) is 8.07. The summed E-state index contributed by atoms with van der Waals surface area (Å²) in [5.41, 5.74) is 9.97. The number of hydrogen-bond acceptors (Lipinski definition) is 5. The van der Waals surface area contributed by atoms with E-state index in [-0.39, 0.29) is 0 Å². The van der Waals surface area contributed by atoms with Gasteiger partial charge in [-0.25, -0.2) is 4.98 Å². The van der Waals surface area contributed by atoms with Gasteiger partial charge in [0.2, 0.25) is 5.95 Å². The molecule has 4 rings (SSSR count). The Hall–Kier alpha value is -2.14. The fraction of sp³-hybridized carbons (Fsp3) is 0.545. The Morgan fingerprint density at radius 2 is 2.04 bits per heavy atom. The van der Waals surface area contributed by atoms with Crippen molar-refractivity contribution in [3.05, 3.63) is 47.2 Å². The average Bonchev–Trinajstić information content (AvgIpc) is 3.10. The van der Waals surface area contributed by atoms with Gasteiger partial charge in [0.25, 0.3) is 0 Å². The normalized spacial score (nSPS) is 24.6. The minimum absolute atomic E-state index is 0.325. The molecular formula is C22H31N5. The Balaban J connectivity index is 1.68. The molecule has 0 radical (unpaired) electrons. The highest BCUT2D eigenvalue weighted by atomic mass is 15.2. The van der Waals surface area contributed by atoms with Crippen molar-refractivity contribution in [2.75, 3.05) is 30.3 Å². The maximum absolute atomic E-state index is 6.18. The number of nitrogen functional groups attached to an aromatic ring is 1. The summed E-state index contributed by atoms with van der Waals surface area (Å²) in [7, 11) is 0. The van der Waals surface area contributed by atoms with Crippen molar-refractivity contribution in [1.82, 2.24) is 15.3 Å². The van der Waals surface area contributed by atoms with E-state index in [1.54, 1.807) is 0 Å². The van der Waals surface area contributed by atoms with Crippen LogP contribution in [0.5, 0.6) is 0 Å². The molecule has 3 atom stereocenters. The summed E-state index contributed by atoms with van der Waals surface area (Å²) in [4.78, 5) is 11.9. The van der Waals surface area contributed by atoms with Crippen LogP contribution in [0.4, 0.5) is 11.8 Å². The number of anilines is 2. The summed E-state index contributed by atoms with van der Waals surface area (Å²) in [5, 5.41) is 3.57. The maximum atomic E-state index is 6.18. The summed E-state index contributed by atoms with van der Waals surface area (Å²) >= 11 is 0. The lowest BCUT2D eigenvalue weighted by molar-refractivity contribution is 0.543. The van der Waals surface area contributed by atoms with Crippen LogP contribution in [0.3, 0.4) is 0 Å². The second kappa shape index (κ2) is 7.85. The quantitative estimate of drug-likeness (QED) is 0.850. The molecule has 1 aromatic carbocycles. The van der Waals surface area contributed by atoms with Crippen molar-refractivity contribution in [3.8, 4) is 0 Å². The molecule has 1 fully saturated rings. The Morgan fingerprint density at radius 3 is 2.74 bits per heavy atom. The van der Waals surface area contributed by atoms with Gasteiger partial charge in [-0.15, -0.1) is 0 Å². The number of rotatable bonds is 5. The molecule has 5 heteroatoms. The lowest BCUT2D eigenvalue weighted by Gasteiger charge is -2.32. The standard InChI is InChI=1S/C22H31N5/c1-3-27(14-16-12-15(2)24-13-16)21-19-11-7-10-18(17-8-5-4-6-9-17)20(19)25-22(23)26-21/h4-6,8-9,15-16,18,24H,3,7,10-14H2,1-2H3,(H2,23,25,26)/t15-,16?,18?/m1/s1. The highest BCUT2D eigenvalue weighted by molar-refractivity contribution is 5.55. The van der Waals surface area contributed by atoms with Crippen molar-refractivity contribution in [1.29, 1.82) is 0 Å². The van der Waals surface area contributed by atoms with E-state index in [4.69, 9.17) is 15.7 Å². The second-order valence-electron chi connectivity index (χ2n) is 8.07. The predicted molar refractivity (Wildman–Crippen MR) is 111 cm³/mol. The molecule has 1 aliphatic carbocycles. The van der Waals surface area contributed by atoms with E-state index in [0.717, 1.165) is 44.0 Å². The summed E-state index contributed by atoms with van der Waals surface area (Å²) in [5.74, 6) is 2.47. The molecule has 1 aliphatic heterocycles. The minimum atomic E-state index is 0.325. The molecular weight excluding hydrogens is 334 g/mol. The number of fused-ring (bicyclic) bond motifs is 1. The summed E-state index contributed by atoms with van der Waals surface area (Å²) in [6, 6.07) is 11.3. The van der Waals surface area contributed by atoms with E-state index in [2.05, 4.69) is 54.4 Å². The molecule has 0 amide bonds. The molecule has 27 heavy (non-hydrogen) atoms. The van der Waals surface area contributed by atoms with Gasteiger partial charge in [0.05, 0.1) is 5.69 Å². The SMILES string of the molecule is CCN(CC1CN[C@H](C)C1)c1nc(N)nc2c1CCCC2c1ccccc1. The molecule has 5 nitrogen and oxygen atoms in total. The van der Waals surface area contributed by atoms with E-state index in [1.807, 2.05) is 0 Å². The van der Waals surface area contributed by atoms with Gasteiger partial charge in [-0.05, 0) is 57.6 Å². The van der Waals surface area contributed by atoms with E-state index in [1.165, 1.54) is 24.0 Å². The van der Waals surface area contributed by atoms with Crippen molar-refractivity contribution < 1.29 is 0 Å². The zero-order valence-corrected chi connectivity index (χ0v) is 16.5. The molecule has 2 aliphatic rings. The minimum Gasteiger partial charge on any atom is -0.368 e. The third-order valence-corrected chi connectivity index (χ3v) is 6.09. The number of aromatic nitrogens is 2. The van der Waals surface area contributed by atoms with Gasteiger partial charge in [0, 0.05) is 30.6 Å². The summed E-state index contributed by atoms with van der Waals surface area (Å²) in [6.45, 7) is 7.56. The molecule has 144 valence electrons. The third kappa shape index (κ3) is 3.79. The Kier molecular flexibility index (Phi) is 5.30. The lowest BCUT2D eigenvalue weighted by Crippen LogP contribution is -2.33. The fourth-order valence-electron chi connectivity index (χ4n) is 4.78. The first-order valence-corrected chi connectivity index (χ1v) is 10.3. The van der Waals surface area contributed by atoms with Crippen LogP contribution in [-0.4, -0.2) is 35.6 Å². The number of nitrogens with one attached hydrogen (secondary N) is 1. The molecule has 2 aromatic rings. The van der Waals surface area contributed by atoms with Crippen LogP contribution < -0.4 is 16.0 Å². The van der Waals surface area contributed by atoms with Gasteiger partial charge in [-0.1, -0.05) is 30.3 Å². The van der Waals surface area contributed by atoms with Crippen molar-refractivity contribution in [3.63, 3.8) is 0 Å². The smallest absolute Gasteiger partial charge is 0.222 e. The van der Waals surface area contributed by atoms with Crippen LogP contribution in [-0.2, 0) is 6.42 Å². The maximum Gasteiger partial charge on any atom is 0.222 e. The van der Waals surface area contributed by atoms with Gasteiger partial charge in [-0.3, -0.25) is 0 Å².